The minimum atomic E-state index is -1.18. The van der Waals surface area contributed by atoms with E-state index in [4.69, 9.17) is 9.84 Å². The van der Waals surface area contributed by atoms with Crippen molar-refractivity contribution in [2.75, 3.05) is 5.32 Å². The summed E-state index contributed by atoms with van der Waals surface area (Å²) in [5.74, 6) is -1.18. The Labute approximate surface area is 128 Å². The number of carboxylic acid groups (broad SMARTS) is 1. The number of carbonyl (C=O) groups excluding carboxylic acids is 1. The van der Waals surface area contributed by atoms with E-state index in [9.17, 15) is 9.59 Å². The number of hydrogen-bond acceptors (Lipinski definition) is 4. The quantitative estimate of drug-likeness (QED) is 0.882. The molecule has 0 spiro atoms. The van der Waals surface area contributed by atoms with Crippen molar-refractivity contribution in [1.29, 1.82) is 0 Å². The molecule has 1 aromatic heterocycles. The van der Waals surface area contributed by atoms with E-state index < -0.39 is 12.1 Å². The van der Waals surface area contributed by atoms with E-state index >= 15 is 0 Å². The van der Waals surface area contributed by atoms with Crippen molar-refractivity contribution >= 4 is 33.7 Å². The van der Waals surface area contributed by atoms with Gasteiger partial charge in [-0.25, -0.2) is 14.6 Å². The molecule has 0 aliphatic heterocycles. The molecule has 21 heavy (non-hydrogen) atoms. The van der Waals surface area contributed by atoms with Gasteiger partial charge in [0.05, 0.1) is 10.2 Å². The number of aromatic nitrogens is 1. The maximum absolute atomic E-state index is 11.7. The largest absolute Gasteiger partial charge is 0.477 e. The van der Waals surface area contributed by atoms with Gasteiger partial charge in [0.15, 0.2) is 0 Å². The van der Waals surface area contributed by atoms with Gasteiger partial charge in [0.2, 0.25) is 0 Å². The second kappa shape index (κ2) is 6.85. The molecule has 0 saturated heterocycles. The Hall–Kier alpha value is -2.41. The molecule has 0 bridgehead atoms. The highest BCUT2D eigenvalue weighted by molar-refractivity contribution is 9.10. The van der Waals surface area contributed by atoms with Crippen LogP contribution >= 0.6 is 15.9 Å². The smallest absolute Gasteiger partial charge is 0.411 e. The van der Waals surface area contributed by atoms with Crippen LogP contribution in [0.5, 0.6) is 0 Å². The van der Waals surface area contributed by atoms with Crippen molar-refractivity contribution in [3.63, 3.8) is 0 Å². The number of halogens is 1. The number of nitrogens with zero attached hydrogens (tertiary/aromatic N) is 1. The fourth-order valence-electron chi connectivity index (χ4n) is 1.52. The topological polar surface area (TPSA) is 88.5 Å². The van der Waals surface area contributed by atoms with Gasteiger partial charge in [-0.05, 0) is 27.6 Å². The summed E-state index contributed by atoms with van der Waals surface area (Å²) in [6.07, 6.45) is 0.623. The highest BCUT2D eigenvalue weighted by Gasteiger charge is 2.11. The number of hydrogen-bond donors (Lipinski definition) is 2. The third kappa shape index (κ3) is 4.28. The third-order valence-corrected chi connectivity index (χ3v) is 3.16. The number of ether oxygens (including phenoxy) is 1. The van der Waals surface area contributed by atoms with E-state index in [1.807, 2.05) is 30.3 Å². The number of anilines is 1. The lowest BCUT2D eigenvalue weighted by atomic mass is 10.2. The second-order valence-corrected chi connectivity index (χ2v) is 4.90. The Morgan fingerprint density at radius 2 is 2.00 bits per heavy atom. The molecule has 0 fully saturated rings. The molecule has 2 N–H and O–H groups in total. The fourth-order valence-corrected chi connectivity index (χ4v) is 1.84. The summed E-state index contributed by atoms with van der Waals surface area (Å²) in [5, 5.41) is 11.3. The molecule has 7 heteroatoms. The lowest BCUT2D eigenvalue weighted by Crippen LogP contribution is -2.14. The number of amides is 1. The van der Waals surface area contributed by atoms with Crippen molar-refractivity contribution in [3.8, 4) is 0 Å². The first-order chi connectivity index (χ1) is 10.1. The van der Waals surface area contributed by atoms with Gasteiger partial charge in [0.1, 0.15) is 12.3 Å². The molecule has 108 valence electrons. The van der Waals surface area contributed by atoms with Crippen molar-refractivity contribution in [2.24, 2.45) is 0 Å². The first-order valence-corrected chi connectivity index (χ1v) is 6.72. The number of rotatable bonds is 4. The average Bonchev–Trinajstić information content (AvgIpc) is 2.48. The number of carboxylic acids is 1. The Morgan fingerprint density at radius 1 is 1.29 bits per heavy atom. The van der Waals surface area contributed by atoms with E-state index in [-0.39, 0.29) is 18.0 Å². The molecule has 2 aromatic rings. The second-order valence-electron chi connectivity index (χ2n) is 4.04. The predicted octanol–water partition coefficient (Wildman–Crippen LogP) is 3.29. The van der Waals surface area contributed by atoms with Crippen LogP contribution in [0.25, 0.3) is 0 Å². The average molecular weight is 351 g/mol. The zero-order chi connectivity index (χ0) is 15.2. The minimum Gasteiger partial charge on any atom is -0.477 e. The zero-order valence-electron chi connectivity index (χ0n) is 10.7. The first-order valence-electron chi connectivity index (χ1n) is 5.93. The molecule has 1 heterocycles. The van der Waals surface area contributed by atoms with Gasteiger partial charge in [-0.15, -0.1) is 0 Å². The Kier molecular flexibility index (Phi) is 4.89. The van der Waals surface area contributed by atoms with Gasteiger partial charge in [-0.3, -0.25) is 5.32 Å². The maximum Gasteiger partial charge on any atom is 0.411 e. The van der Waals surface area contributed by atoms with Gasteiger partial charge in [-0.1, -0.05) is 30.3 Å². The molecular weight excluding hydrogens is 340 g/mol. The fraction of sp³-hybridized carbons (Fsp3) is 0.0714. The van der Waals surface area contributed by atoms with E-state index in [2.05, 4.69) is 26.2 Å². The molecule has 0 unspecified atom stereocenters. The zero-order valence-corrected chi connectivity index (χ0v) is 12.3. The van der Waals surface area contributed by atoms with Gasteiger partial charge in [0.25, 0.3) is 0 Å². The molecule has 1 amide bonds. The summed E-state index contributed by atoms with van der Waals surface area (Å²) in [6.45, 7) is 0.126. The van der Waals surface area contributed by atoms with Gasteiger partial charge < -0.3 is 9.84 Å². The van der Waals surface area contributed by atoms with Gasteiger partial charge in [-0.2, -0.15) is 0 Å². The normalized spacial score (nSPS) is 9.95. The van der Waals surface area contributed by atoms with Crippen LogP contribution in [0.2, 0.25) is 0 Å². The number of pyridine rings is 1. The van der Waals surface area contributed by atoms with Gasteiger partial charge >= 0.3 is 12.1 Å². The van der Waals surface area contributed by atoms with E-state index in [1.165, 1.54) is 12.3 Å². The summed E-state index contributed by atoms with van der Waals surface area (Å²) >= 11 is 3.18. The number of aromatic carboxylic acids is 1. The number of benzene rings is 1. The Morgan fingerprint density at radius 3 is 2.67 bits per heavy atom. The van der Waals surface area contributed by atoms with Crippen LogP contribution < -0.4 is 5.32 Å². The van der Waals surface area contributed by atoms with Crippen molar-refractivity contribution < 1.29 is 19.4 Å². The van der Waals surface area contributed by atoms with Crippen LogP contribution in [0.15, 0.2) is 47.1 Å². The van der Waals surface area contributed by atoms with Crippen LogP contribution in [0.4, 0.5) is 10.5 Å². The Balaban J connectivity index is 1.99. The van der Waals surface area contributed by atoms with Crippen molar-refractivity contribution in [1.82, 2.24) is 4.98 Å². The molecule has 0 saturated carbocycles. The molecule has 0 radical (unpaired) electrons. The predicted molar refractivity (Wildman–Crippen MR) is 79.1 cm³/mol. The third-order valence-electron chi connectivity index (χ3n) is 2.52. The molecule has 0 aliphatic carbocycles. The van der Waals surface area contributed by atoms with E-state index in [0.717, 1.165) is 5.56 Å². The summed E-state index contributed by atoms with van der Waals surface area (Å²) < 4.78 is 5.51. The number of nitrogens with one attached hydrogen (secondary N) is 1. The molecule has 0 atom stereocenters. The van der Waals surface area contributed by atoms with Crippen LogP contribution in [0.1, 0.15) is 16.1 Å². The van der Waals surface area contributed by atoms with Crippen LogP contribution in [0, 0.1) is 0 Å². The van der Waals surface area contributed by atoms with E-state index in [1.54, 1.807) is 0 Å². The van der Waals surface area contributed by atoms with E-state index in [0.29, 0.717) is 4.47 Å². The maximum atomic E-state index is 11.7. The van der Waals surface area contributed by atoms with Crippen molar-refractivity contribution in [3.05, 3.63) is 58.3 Å². The molecular formula is C14H11BrN2O4. The number of carbonyl (C=O) groups is 2. The molecule has 2 rings (SSSR count). The summed E-state index contributed by atoms with van der Waals surface area (Å²) in [6, 6.07) is 10.5. The van der Waals surface area contributed by atoms with Crippen LogP contribution in [0.3, 0.4) is 0 Å². The summed E-state index contributed by atoms with van der Waals surface area (Å²) in [4.78, 5) is 26.2. The molecule has 0 aliphatic rings. The van der Waals surface area contributed by atoms with Gasteiger partial charge in [0, 0.05) is 6.20 Å². The summed E-state index contributed by atoms with van der Waals surface area (Å²) in [7, 11) is 0. The minimum absolute atomic E-state index is 0.126. The SMILES string of the molecule is O=C(Nc1cc(C(=O)O)ncc1Br)OCc1ccccc1. The van der Waals surface area contributed by atoms with Crippen LogP contribution in [-0.2, 0) is 11.3 Å². The first kappa shape index (κ1) is 15.0. The lowest BCUT2D eigenvalue weighted by molar-refractivity contribution is 0.0690. The van der Waals surface area contributed by atoms with Crippen LogP contribution in [-0.4, -0.2) is 22.2 Å². The summed E-state index contributed by atoms with van der Waals surface area (Å²) in [5.41, 5.74) is 0.963. The standard InChI is InChI=1S/C14H11BrN2O4/c15-10-7-16-12(13(18)19)6-11(10)17-14(20)21-8-9-4-2-1-3-5-9/h1-7H,8H2,(H,18,19)(H,16,17,20). The monoisotopic (exact) mass is 350 g/mol. The lowest BCUT2D eigenvalue weighted by Gasteiger charge is -2.09. The van der Waals surface area contributed by atoms with Crippen molar-refractivity contribution in [2.45, 2.75) is 6.61 Å². The highest BCUT2D eigenvalue weighted by atomic mass is 79.9. The molecule has 6 nitrogen and oxygen atoms in total. The Bertz CT molecular complexity index is 661. The molecule has 1 aromatic carbocycles. The highest BCUT2D eigenvalue weighted by Crippen LogP contribution is 2.22.